The lowest BCUT2D eigenvalue weighted by molar-refractivity contribution is 0.0530. The van der Waals surface area contributed by atoms with Crippen LogP contribution < -0.4 is 20.1 Å². The molecule has 1 unspecified atom stereocenters. The molecule has 1 aromatic rings. The number of nitrogens with zero attached hydrogens (tertiary/aromatic N) is 1. The number of benzene rings is 1. The van der Waals surface area contributed by atoms with E-state index in [4.69, 9.17) is 19.2 Å². The standard InChI is InChI=1S/C23H37N3O4.HI/c1-3-5-18(8-11-27)15-25-22(24-4-2)26-16-23(9-12-28-13-10-23)19-6-7-20-21(14-19)30-17-29-20;/h6-7,14,18,27H,3-5,8-13,15-17H2,1-2H3,(H2,24,25,26);1H. The highest BCUT2D eigenvalue weighted by Gasteiger charge is 2.35. The Morgan fingerprint density at radius 1 is 1.13 bits per heavy atom. The van der Waals surface area contributed by atoms with E-state index in [1.165, 1.54) is 5.56 Å². The van der Waals surface area contributed by atoms with Gasteiger partial charge in [0.25, 0.3) is 0 Å². The molecule has 0 aliphatic carbocycles. The highest BCUT2D eigenvalue weighted by atomic mass is 127. The molecule has 2 aliphatic heterocycles. The van der Waals surface area contributed by atoms with Crippen LogP contribution in [0.1, 0.15) is 51.5 Å². The molecule has 1 aromatic carbocycles. The van der Waals surface area contributed by atoms with E-state index in [-0.39, 0.29) is 42.8 Å². The molecule has 0 spiro atoms. The van der Waals surface area contributed by atoms with E-state index >= 15 is 0 Å². The van der Waals surface area contributed by atoms with Gasteiger partial charge in [-0.25, -0.2) is 0 Å². The molecule has 1 atom stereocenters. The first-order valence-corrected chi connectivity index (χ1v) is 11.3. The molecule has 1 saturated heterocycles. The largest absolute Gasteiger partial charge is 0.454 e. The fourth-order valence-electron chi connectivity index (χ4n) is 4.28. The van der Waals surface area contributed by atoms with Crippen LogP contribution in [-0.4, -0.2) is 57.3 Å². The number of hydrogen-bond donors (Lipinski definition) is 3. The first-order chi connectivity index (χ1) is 14.7. The monoisotopic (exact) mass is 547 g/mol. The first kappa shape index (κ1) is 26.0. The SMILES string of the molecule is CCCC(CCO)CNC(=NCC1(c2ccc3c(c2)OCO3)CCOCC1)NCC.I. The molecular formula is C23H38IN3O4. The zero-order valence-corrected chi connectivity index (χ0v) is 21.2. The Kier molecular flexibility index (Phi) is 11.2. The minimum absolute atomic E-state index is 0. The molecule has 0 saturated carbocycles. The Balaban J connectivity index is 0.00000341. The summed E-state index contributed by atoms with van der Waals surface area (Å²) in [6.45, 7) is 8.57. The fourth-order valence-corrected chi connectivity index (χ4v) is 4.28. The average Bonchev–Trinajstić information content (AvgIpc) is 3.24. The van der Waals surface area contributed by atoms with Crippen LogP contribution in [0.2, 0.25) is 0 Å². The van der Waals surface area contributed by atoms with Crippen molar-refractivity contribution in [1.29, 1.82) is 0 Å². The number of rotatable bonds is 10. The Labute approximate surface area is 203 Å². The topological polar surface area (TPSA) is 84.3 Å². The van der Waals surface area contributed by atoms with Crippen molar-refractivity contribution in [3.8, 4) is 11.5 Å². The Hall–Kier alpha value is -1.26. The van der Waals surface area contributed by atoms with E-state index in [2.05, 4.69) is 36.6 Å². The molecule has 31 heavy (non-hydrogen) atoms. The Morgan fingerprint density at radius 3 is 2.61 bits per heavy atom. The molecule has 176 valence electrons. The summed E-state index contributed by atoms with van der Waals surface area (Å²) in [5, 5.41) is 16.2. The first-order valence-electron chi connectivity index (χ1n) is 11.3. The van der Waals surface area contributed by atoms with E-state index in [1.54, 1.807) is 0 Å². The van der Waals surface area contributed by atoms with Gasteiger partial charge in [-0.15, -0.1) is 24.0 Å². The van der Waals surface area contributed by atoms with Crippen molar-refractivity contribution >= 4 is 29.9 Å². The maximum absolute atomic E-state index is 9.33. The summed E-state index contributed by atoms with van der Waals surface area (Å²) in [6.07, 6.45) is 4.90. The van der Waals surface area contributed by atoms with Gasteiger partial charge >= 0.3 is 0 Å². The molecule has 7 nitrogen and oxygen atoms in total. The quantitative estimate of drug-likeness (QED) is 0.237. The molecular weight excluding hydrogens is 509 g/mol. The fraction of sp³-hybridized carbons (Fsp3) is 0.696. The van der Waals surface area contributed by atoms with Gasteiger partial charge in [-0.1, -0.05) is 19.4 Å². The normalized spacial score (nSPS) is 18.2. The summed E-state index contributed by atoms with van der Waals surface area (Å²) in [4.78, 5) is 4.98. The van der Waals surface area contributed by atoms with Gasteiger partial charge in [0.15, 0.2) is 17.5 Å². The number of ether oxygens (including phenoxy) is 3. The number of aliphatic hydroxyl groups is 1. The third kappa shape index (κ3) is 7.12. The predicted octanol–water partition coefficient (Wildman–Crippen LogP) is 3.44. The van der Waals surface area contributed by atoms with Crippen LogP contribution in [0.25, 0.3) is 0 Å². The number of nitrogens with one attached hydrogen (secondary N) is 2. The van der Waals surface area contributed by atoms with E-state index in [0.717, 1.165) is 75.9 Å². The smallest absolute Gasteiger partial charge is 0.231 e. The summed E-state index contributed by atoms with van der Waals surface area (Å²) in [5.41, 5.74) is 1.16. The van der Waals surface area contributed by atoms with Crippen LogP contribution in [0.15, 0.2) is 23.2 Å². The van der Waals surface area contributed by atoms with Crippen molar-refractivity contribution in [3.05, 3.63) is 23.8 Å². The van der Waals surface area contributed by atoms with Crippen LogP contribution in [0.4, 0.5) is 0 Å². The molecule has 0 bridgehead atoms. The number of halogens is 1. The second-order valence-corrected chi connectivity index (χ2v) is 8.20. The highest BCUT2D eigenvalue weighted by Crippen LogP contribution is 2.41. The highest BCUT2D eigenvalue weighted by molar-refractivity contribution is 14.0. The molecule has 1 fully saturated rings. The summed E-state index contributed by atoms with van der Waals surface area (Å²) in [7, 11) is 0. The van der Waals surface area contributed by atoms with Crippen molar-refractivity contribution in [3.63, 3.8) is 0 Å². The summed E-state index contributed by atoms with van der Waals surface area (Å²) in [6, 6.07) is 6.27. The van der Waals surface area contributed by atoms with Crippen molar-refractivity contribution < 1.29 is 19.3 Å². The van der Waals surface area contributed by atoms with Crippen molar-refractivity contribution in [1.82, 2.24) is 10.6 Å². The molecule has 3 N–H and O–H groups in total. The average molecular weight is 547 g/mol. The van der Waals surface area contributed by atoms with E-state index in [0.29, 0.717) is 12.5 Å². The van der Waals surface area contributed by atoms with Crippen molar-refractivity contribution in [2.75, 3.05) is 46.2 Å². The van der Waals surface area contributed by atoms with E-state index < -0.39 is 0 Å². The lowest BCUT2D eigenvalue weighted by Gasteiger charge is -2.36. The Morgan fingerprint density at radius 2 is 1.90 bits per heavy atom. The maximum atomic E-state index is 9.33. The third-order valence-corrected chi connectivity index (χ3v) is 6.11. The molecule has 0 radical (unpaired) electrons. The number of aliphatic imine (C=N–C) groups is 1. The van der Waals surface area contributed by atoms with Gasteiger partial charge in [0.1, 0.15) is 0 Å². The zero-order valence-electron chi connectivity index (χ0n) is 18.8. The number of fused-ring (bicyclic) bond motifs is 1. The van der Waals surface area contributed by atoms with Crippen molar-refractivity contribution in [2.45, 2.75) is 51.4 Å². The van der Waals surface area contributed by atoms with Gasteiger partial charge in [-0.3, -0.25) is 4.99 Å². The molecule has 2 aliphatic rings. The van der Waals surface area contributed by atoms with Crippen LogP contribution in [0.5, 0.6) is 11.5 Å². The third-order valence-electron chi connectivity index (χ3n) is 6.11. The summed E-state index contributed by atoms with van der Waals surface area (Å²) < 4.78 is 16.8. The summed E-state index contributed by atoms with van der Waals surface area (Å²) >= 11 is 0. The molecule has 3 rings (SSSR count). The molecule has 8 heteroatoms. The van der Waals surface area contributed by atoms with Gasteiger partial charge in [0, 0.05) is 38.3 Å². The number of aliphatic hydroxyl groups excluding tert-OH is 1. The second-order valence-electron chi connectivity index (χ2n) is 8.20. The lowest BCUT2D eigenvalue weighted by atomic mass is 9.74. The van der Waals surface area contributed by atoms with Crippen LogP contribution in [0.3, 0.4) is 0 Å². The zero-order chi connectivity index (χ0) is 21.2. The minimum atomic E-state index is -0.0739. The van der Waals surface area contributed by atoms with Gasteiger partial charge in [-0.2, -0.15) is 0 Å². The van der Waals surface area contributed by atoms with Crippen molar-refractivity contribution in [2.24, 2.45) is 10.9 Å². The van der Waals surface area contributed by atoms with Crippen LogP contribution in [-0.2, 0) is 10.2 Å². The lowest BCUT2D eigenvalue weighted by Crippen LogP contribution is -2.42. The molecule has 0 aromatic heterocycles. The van der Waals surface area contributed by atoms with Gasteiger partial charge < -0.3 is 30.0 Å². The van der Waals surface area contributed by atoms with Gasteiger partial charge in [-0.05, 0) is 56.2 Å². The van der Waals surface area contributed by atoms with Crippen LogP contribution in [0, 0.1) is 5.92 Å². The maximum Gasteiger partial charge on any atom is 0.231 e. The van der Waals surface area contributed by atoms with Gasteiger partial charge in [0.05, 0.1) is 6.54 Å². The predicted molar refractivity (Wildman–Crippen MR) is 134 cm³/mol. The number of guanidine groups is 1. The van der Waals surface area contributed by atoms with Crippen LogP contribution >= 0.6 is 24.0 Å². The molecule has 2 heterocycles. The van der Waals surface area contributed by atoms with E-state index in [9.17, 15) is 5.11 Å². The van der Waals surface area contributed by atoms with Gasteiger partial charge in [0.2, 0.25) is 6.79 Å². The van der Waals surface area contributed by atoms with E-state index in [1.807, 2.05) is 6.07 Å². The second kappa shape index (κ2) is 13.3. The number of hydrogen-bond acceptors (Lipinski definition) is 5. The minimum Gasteiger partial charge on any atom is -0.454 e. The Bertz CT molecular complexity index is 689. The summed E-state index contributed by atoms with van der Waals surface area (Å²) in [5.74, 6) is 2.92. The molecule has 0 amide bonds.